The van der Waals surface area contributed by atoms with Crippen LogP contribution in [-0.2, 0) is 9.16 Å². The Kier molecular flexibility index (Phi) is 5.03. The van der Waals surface area contributed by atoms with Crippen LogP contribution in [0.25, 0.3) is 10.4 Å². The zero-order valence-corrected chi connectivity index (χ0v) is 13.6. The molecular weight excluding hydrogens is 262 g/mol. The fourth-order valence-electron chi connectivity index (χ4n) is 1.79. The molecule has 1 aliphatic heterocycles. The van der Waals surface area contributed by atoms with E-state index in [1.807, 2.05) is 0 Å². The van der Waals surface area contributed by atoms with Crippen LogP contribution in [-0.4, -0.2) is 38.0 Å². The second-order valence-corrected chi connectivity index (χ2v) is 11.4. The van der Waals surface area contributed by atoms with Crippen molar-refractivity contribution in [3.05, 3.63) is 10.4 Å². The Bertz CT molecular complexity index is 364. The fourth-order valence-corrected chi connectivity index (χ4v) is 2.95. The molecule has 0 spiro atoms. The third kappa shape index (κ3) is 3.93. The zero-order valence-electron chi connectivity index (χ0n) is 12.6. The number of ether oxygens (including phenoxy) is 1. The molecular formula is C12H25N3O3Si. The van der Waals surface area contributed by atoms with Gasteiger partial charge in [-0.25, -0.2) is 0 Å². The Balaban J connectivity index is 2.78. The number of nitrogens with zero attached hydrogens (tertiary/aromatic N) is 3. The van der Waals surface area contributed by atoms with Crippen LogP contribution in [0, 0.1) is 0 Å². The highest BCUT2D eigenvalue weighted by Gasteiger charge is 2.43. The maximum absolute atomic E-state index is 9.91. The van der Waals surface area contributed by atoms with Gasteiger partial charge in [-0.05, 0) is 30.6 Å². The van der Waals surface area contributed by atoms with Gasteiger partial charge in [0.05, 0.1) is 18.2 Å². The Morgan fingerprint density at radius 3 is 2.47 bits per heavy atom. The summed E-state index contributed by atoms with van der Waals surface area (Å²) in [6, 6.07) is -0.483. The molecule has 0 aromatic heterocycles. The van der Waals surface area contributed by atoms with E-state index in [1.54, 1.807) is 6.92 Å². The van der Waals surface area contributed by atoms with Crippen molar-refractivity contribution in [3.8, 4) is 0 Å². The Morgan fingerprint density at radius 1 is 1.42 bits per heavy atom. The van der Waals surface area contributed by atoms with E-state index in [0.29, 0.717) is 6.42 Å². The lowest BCUT2D eigenvalue weighted by atomic mass is 10.0. The van der Waals surface area contributed by atoms with Crippen LogP contribution in [0.15, 0.2) is 5.11 Å². The molecule has 0 aromatic carbocycles. The highest BCUT2D eigenvalue weighted by molar-refractivity contribution is 6.74. The SMILES string of the molecule is C[C@@H]1O[C@H](O[Si](C)(C)C(C)(C)C)C[C@@H](N=[N+]=[N-])[C@@H]1O. The largest absolute Gasteiger partial charge is 0.392 e. The summed E-state index contributed by atoms with van der Waals surface area (Å²) < 4.78 is 11.8. The van der Waals surface area contributed by atoms with Gasteiger partial charge in [-0.2, -0.15) is 0 Å². The second-order valence-electron chi connectivity index (χ2n) is 6.65. The molecule has 0 bridgehead atoms. The maximum Gasteiger partial charge on any atom is 0.195 e. The van der Waals surface area contributed by atoms with Gasteiger partial charge in [0.15, 0.2) is 8.32 Å². The second kappa shape index (κ2) is 5.81. The van der Waals surface area contributed by atoms with Crippen LogP contribution in [0.4, 0.5) is 0 Å². The molecule has 1 N–H and O–H groups in total. The van der Waals surface area contributed by atoms with Gasteiger partial charge in [0.25, 0.3) is 0 Å². The molecule has 1 aliphatic rings. The van der Waals surface area contributed by atoms with Gasteiger partial charge in [0.2, 0.25) is 0 Å². The van der Waals surface area contributed by atoms with Crippen LogP contribution in [0.1, 0.15) is 34.1 Å². The minimum Gasteiger partial charge on any atom is -0.392 e. The number of aliphatic hydroxyl groups is 1. The average molecular weight is 287 g/mol. The van der Waals surface area contributed by atoms with Gasteiger partial charge in [0.1, 0.15) is 6.29 Å². The third-order valence-corrected chi connectivity index (χ3v) is 8.57. The zero-order chi connectivity index (χ0) is 14.8. The maximum atomic E-state index is 9.91. The normalized spacial score (nSPS) is 32.8. The van der Waals surface area contributed by atoms with Crippen molar-refractivity contribution in [2.24, 2.45) is 5.11 Å². The molecule has 0 saturated carbocycles. The number of hydrogen-bond acceptors (Lipinski definition) is 4. The molecule has 0 amide bonds. The van der Waals surface area contributed by atoms with Crippen LogP contribution < -0.4 is 0 Å². The minimum atomic E-state index is -1.94. The van der Waals surface area contributed by atoms with Crippen molar-refractivity contribution in [3.63, 3.8) is 0 Å². The highest BCUT2D eigenvalue weighted by atomic mass is 28.4. The van der Waals surface area contributed by atoms with Crippen molar-refractivity contribution in [2.75, 3.05) is 0 Å². The summed E-state index contributed by atoms with van der Waals surface area (Å²) in [5.74, 6) is 0. The quantitative estimate of drug-likeness (QED) is 0.374. The summed E-state index contributed by atoms with van der Waals surface area (Å²) in [6.07, 6.45) is -1.16. The van der Waals surface area contributed by atoms with E-state index < -0.39 is 26.8 Å². The van der Waals surface area contributed by atoms with Gasteiger partial charge in [0, 0.05) is 11.3 Å². The van der Waals surface area contributed by atoms with E-state index in [9.17, 15) is 5.11 Å². The summed E-state index contributed by atoms with van der Waals surface area (Å²) in [7, 11) is -1.94. The molecule has 0 aliphatic carbocycles. The highest BCUT2D eigenvalue weighted by Crippen LogP contribution is 2.39. The molecule has 7 heteroatoms. The molecule has 19 heavy (non-hydrogen) atoms. The number of rotatable bonds is 3. The van der Waals surface area contributed by atoms with E-state index >= 15 is 0 Å². The molecule has 0 radical (unpaired) electrons. The molecule has 4 atom stereocenters. The van der Waals surface area contributed by atoms with Crippen LogP contribution >= 0.6 is 0 Å². The van der Waals surface area contributed by atoms with Gasteiger partial charge in [-0.1, -0.05) is 25.9 Å². The van der Waals surface area contributed by atoms with E-state index in [1.165, 1.54) is 0 Å². The van der Waals surface area contributed by atoms with Crippen molar-refractivity contribution in [1.29, 1.82) is 0 Å². The summed E-state index contributed by atoms with van der Waals surface area (Å²) in [4.78, 5) is 2.79. The Hall–Kier alpha value is -0.593. The van der Waals surface area contributed by atoms with Crippen LogP contribution in [0.3, 0.4) is 0 Å². The van der Waals surface area contributed by atoms with Crippen molar-refractivity contribution in [1.82, 2.24) is 0 Å². The van der Waals surface area contributed by atoms with Gasteiger partial charge in [-0.3, -0.25) is 0 Å². The molecule has 1 saturated heterocycles. The van der Waals surface area contributed by atoms with Crippen molar-refractivity contribution in [2.45, 2.75) is 76.8 Å². The topological polar surface area (TPSA) is 87.5 Å². The third-order valence-electron chi connectivity index (χ3n) is 4.11. The van der Waals surface area contributed by atoms with E-state index in [2.05, 4.69) is 43.9 Å². The lowest BCUT2D eigenvalue weighted by Gasteiger charge is -2.43. The number of aliphatic hydroxyl groups excluding tert-OH is 1. The smallest absolute Gasteiger partial charge is 0.195 e. The van der Waals surface area contributed by atoms with Gasteiger partial charge < -0.3 is 14.3 Å². The van der Waals surface area contributed by atoms with Crippen LogP contribution in [0.2, 0.25) is 18.1 Å². The average Bonchev–Trinajstić information content (AvgIpc) is 2.23. The standard InChI is InChI=1S/C12H25N3O3Si/c1-8-11(16)9(14-15-13)7-10(17-8)18-19(5,6)12(2,3)4/h8-11,16H,7H2,1-6H3/t8-,9+,10+,11+/m0/s1. The first-order valence-corrected chi connectivity index (χ1v) is 9.55. The first-order valence-electron chi connectivity index (χ1n) is 6.64. The number of hydrogen-bond donors (Lipinski definition) is 1. The van der Waals surface area contributed by atoms with Gasteiger partial charge in [-0.15, -0.1) is 0 Å². The summed E-state index contributed by atoms with van der Waals surface area (Å²) in [5, 5.41) is 13.6. The number of azide groups is 1. The Labute approximate surface area is 115 Å². The molecule has 0 aromatic rings. The first-order chi connectivity index (χ1) is 8.58. The molecule has 1 fully saturated rings. The van der Waals surface area contributed by atoms with E-state index in [0.717, 1.165) is 0 Å². The van der Waals surface area contributed by atoms with E-state index in [4.69, 9.17) is 14.7 Å². The lowest BCUT2D eigenvalue weighted by molar-refractivity contribution is -0.191. The summed E-state index contributed by atoms with van der Waals surface area (Å²) in [5.41, 5.74) is 8.54. The van der Waals surface area contributed by atoms with Crippen LogP contribution in [0.5, 0.6) is 0 Å². The monoisotopic (exact) mass is 287 g/mol. The molecule has 1 rings (SSSR count). The summed E-state index contributed by atoms with van der Waals surface area (Å²) >= 11 is 0. The fraction of sp³-hybridized carbons (Fsp3) is 1.00. The molecule has 0 unspecified atom stereocenters. The predicted octanol–water partition coefficient (Wildman–Crippen LogP) is 3.18. The van der Waals surface area contributed by atoms with Gasteiger partial charge >= 0.3 is 0 Å². The predicted molar refractivity (Wildman–Crippen MR) is 76.2 cm³/mol. The summed E-state index contributed by atoms with van der Waals surface area (Å²) in [6.45, 7) is 12.5. The minimum absolute atomic E-state index is 0.0870. The molecule has 6 nitrogen and oxygen atoms in total. The van der Waals surface area contributed by atoms with Crippen molar-refractivity contribution < 1.29 is 14.3 Å². The lowest BCUT2D eigenvalue weighted by Crippen LogP contribution is -2.52. The Morgan fingerprint density at radius 2 is 2.00 bits per heavy atom. The van der Waals surface area contributed by atoms with Crippen molar-refractivity contribution >= 4 is 8.32 Å². The van der Waals surface area contributed by atoms with E-state index in [-0.39, 0.29) is 11.1 Å². The first kappa shape index (κ1) is 16.5. The molecule has 110 valence electrons. The molecule has 1 heterocycles.